The smallest absolute Gasteiger partial charge is 0.340 e. The van der Waals surface area contributed by atoms with Crippen LogP contribution in [-0.2, 0) is 36.6 Å². The quantitative estimate of drug-likeness (QED) is 0.411. The van der Waals surface area contributed by atoms with Gasteiger partial charge in [0.05, 0.1) is 42.8 Å². The molecular weight excluding hydrogens is 550 g/mol. The van der Waals surface area contributed by atoms with E-state index in [1.54, 1.807) is 36.1 Å². The van der Waals surface area contributed by atoms with Crippen molar-refractivity contribution in [3.05, 3.63) is 52.7 Å². The van der Waals surface area contributed by atoms with Gasteiger partial charge in [-0.1, -0.05) is 12.1 Å². The number of aromatic nitrogens is 1. The van der Waals surface area contributed by atoms with Gasteiger partial charge in [0.25, 0.3) is 0 Å². The molecule has 0 aliphatic carbocycles. The first-order valence-corrected chi connectivity index (χ1v) is 15.1. The highest BCUT2D eigenvalue weighted by Gasteiger charge is 2.31. The summed E-state index contributed by atoms with van der Waals surface area (Å²) in [5.74, 6) is -1.14. The first-order valence-electron chi connectivity index (χ1n) is 13.4. The molecule has 41 heavy (non-hydrogen) atoms. The number of likely N-dealkylation sites (tertiary alicyclic amines) is 1. The Balaban J connectivity index is 1.45. The second-order valence-corrected chi connectivity index (χ2v) is 11.7. The molecule has 0 saturated carbocycles. The molecule has 2 aliphatic rings. The normalized spacial score (nSPS) is 15.9. The Labute approximate surface area is 239 Å². The third-order valence-corrected chi connectivity index (χ3v) is 8.37. The number of anilines is 1. The van der Waals surface area contributed by atoms with E-state index in [4.69, 9.17) is 9.47 Å². The van der Waals surface area contributed by atoms with Gasteiger partial charge in [0.2, 0.25) is 21.8 Å². The van der Waals surface area contributed by atoms with E-state index in [2.05, 4.69) is 15.8 Å². The van der Waals surface area contributed by atoms with E-state index in [0.717, 1.165) is 6.42 Å². The van der Waals surface area contributed by atoms with Gasteiger partial charge >= 0.3 is 5.97 Å². The minimum absolute atomic E-state index is 0.0266. The lowest BCUT2D eigenvalue weighted by atomic mass is 9.96. The molecule has 0 bridgehead atoms. The molecule has 0 radical (unpaired) electrons. The van der Waals surface area contributed by atoms with Crippen LogP contribution >= 0.6 is 0 Å². The summed E-state index contributed by atoms with van der Waals surface area (Å²) in [4.78, 5) is 45.9. The standard InChI is InChI=1S/C28H33N5O7S/c1-3-40-28(36)23-15-21(16-29)26(30-24(23)17-33-12-4-5-25(33)34)32-13-10-20(11-14-32)27(35)31-41(37,38)18-19-6-8-22(39-2)9-7-19/h6-9,15,20H,3-5,10-14,17-18H2,1-2H3,(H,31,35). The number of piperidine rings is 1. The zero-order valence-electron chi connectivity index (χ0n) is 23.1. The number of carbonyl (C=O) groups is 3. The molecule has 0 unspecified atom stereocenters. The zero-order chi connectivity index (χ0) is 29.6. The number of nitrogens with one attached hydrogen (secondary N) is 1. The topological polar surface area (TPSA) is 159 Å². The molecule has 1 aromatic heterocycles. The van der Waals surface area contributed by atoms with E-state index in [-0.39, 0.29) is 35.9 Å². The molecule has 4 rings (SSSR count). The molecule has 2 amide bonds. The van der Waals surface area contributed by atoms with Gasteiger partial charge in [-0.25, -0.2) is 18.2 Å². The van der Waals surface area contributed by atoms with E-state index in [1.807, 2.05) is 4.90 Å². The molecule has 1 N–H and O–H groups in total. The average Bonchev–Trinajstić information content (AvgIpc) is 3.36. The number of ether oxygens (including phenoxy) is 2. The van der Waals surface area contributed by atoms with Gasteiger partial charge < -0.3 is 19.3 Å². The van der Waals surface area contributed by atoms with Crippen LogP contribution in [0.25, 0.3) is 0 Å². The molecule has 1 aromatic carbocycles. The second kappa shape index (κ2) is 13.0. The zero-order valence-corrected chi connectivity index (χ0v) is 23.9. The van der Waals surface area contributed by atoms with Crippen molar-refractivity contribution in [1.29, 1.82) is 5.26 Å². The van der Waals surface area contributed by atoms with E-state index in [9.17, 15) is 28.1 Å². The first-order chi connectivity index (χ1) is 19.6. The summed E-state index contributed by atoms with van der Waals surface area (Å²) in [7, 11) is -2.39. The number of methoxy groups -OCH3 is 1. The van der Waals surface area contributed by atoms with Crippen LogP contribution in [0.1, 0.15) is 59.8 Å². The molecule has 3 heterocycles. The third kappa shape index (κ3) is 7.32. The van der Waals surface area contributed by atoms with Crippen molar-refractivity contribution in [2.24, 2.45) is 5.92 Å². The largest absolute Gasteiger partial charge is 0.497 e. The second-order valence-electron chi connectivity index (χ2n) is 9.94. The summed E-state index contributed by atoms with van der Waals surface area (Å²) in [6, 6.07) is 10.1. The Kier molecular flexibility index (Phi) is 9.44. The number of hydrogen-bond acceptors (Lipinski definition) is 10. The fourth-order valence-electron chi connectivity index (χ4n) is 4.99. The molecule has 2 aliphatic heterocycles. The van der Waals surface area contributed by atoms with Gasteiger partial charge in [0, 0.05) is 32.0 Å². The minimum Gasteiger partial charge on any atom is -0.497 e. The fourth-order valence-corrected chi connectivity index (χ4v) is 6.17. The monoisotopic (exact) mass is 583 g/mol. The van der Waals surface area contributed by atoms with Crippen LogP contribution < -0.4 is 14.4 Å². The first kappa shape index (κ1) is 29.8. The van der Waals surface area contributed by atoms with Crippen molar-refractivity contribution in [3.63, 3.8) is 0 Å². The molecule has 12 nitrogen and oxygen atoms in total. The van der Waals surface area contributed by atoms with Gasteiger partial charge in [-0.3, -0.25) is 14.3 Å². The van der Waals surface area contributed by atoms with Gasteiger partial charge in [-0.05, 0) is 49.9 Å². The summed E-state index contributed by atoms with van der Waals surface area (Å²) >= 11 is 0. The van der Waals surface area contributed by atoms with Gasteiger partial charge in [-0.2, -0.15) is 5.26 Å². The summed E-state index contributed by atoms with van der Waals surface area (Å²) in [6.45, 7) is 3.20. The molecular formula is C28H33N5O7S. The van der Waals surface area contributed by atoms with Crippen molar-refractivity contribution in [2.75, 3.05) is 38.3 Å². The van der Waals surface area contributed by atoms with Crippen LogP contribution in [0.4, 0.5) is 5.82 Å². The highest BCUT2D eigenvalue weighted by atomic mass is 32.2. The highest BCUT2D eigenvalue weighted by Crippen LogP contribution is 2.28. The number of rotatable bonds is 10. The van der Waals surface area contributed by atoms with Crippen LogP contribution in [-0.4, -0.2) is 69.4 Å². The number of nitrogens with zero attached hydrogens (tertiary/aromatic N) is 4. The van der Waals surface area contributed by atoms with Gasteiger partial charge in [0.1, 0.15) is 17.6 Å². The number of nitriles is 1. The summed E-state index contributed by atoms with van der Waals surface area (Å²) in [6.07, 6.45) is 1.84. The predicted octanol–water partition coefficient (Wildman–Crippen LogP) is 2.12. The maximum absolute atomic E-state index is 12.8. The molecule has 13 heteroatoms. The summed E-state index contributed by atoms with van der Waals surface area (Å²) in [5.41, 5.74) is 1.18. The Bertz CT molecular complexity index is 1450. The van der Waals surface area contributed by atoms with Crippen molar-refractivity contribution < 1.29 is 32.3 Å². The number of hydrogen-bond donors (Lipinski definition) is 1. The SMILES string of the molecule is CCOC(=O)c1cc(C#N)c(N2CCC(C(=O)NS(=O)(=O)Cc3ccc(OC)cc3)CC2)nc1CN1CCCC1=O. The molecule has 2 fully saturated rings. The van der Waals surface area contributed by atoms with Crippen molar-refractivity contribution in [1.82, 2.24) is 14.6 Å². The number of amides is 2. The van der Waals surface area contributed by atoms with Gasteiger partial charge in [0.15, 0.2) is 0 Å². The van der Waals surface area contributed by atoms with Crippen molar-refractivity contribution in [3.8, 4) is 11.8 Å². The Morgan fingerprint density at radius 2 is 1.88 bits per heavy atom. The van der Waals surface area contributed by atoms with E-state index in [1.165, 1.54) is 13.2 Å². The molecule has 2 aromatic rings. The van der Waals surface area contributed by atoms with Crippen LogP contribution in [0.3, 0.4) is 0 Å². The third-order valence-electron chi connectivity index (χ3n) is 7.15. The Hall–Kier alpha value is -4.18. The fraction of sp³-hybridized carbons (Fsp3) is 0.464. The molecule has 2 saturated heterocycles. The van der Waals surface area contributed by atoms with Crippen LogP contribution in [0.2, 0.25) is 0 Å². The lowest BCUT2D eigenvalue weighted by Gasteiger charge is -2.33. The summed E-state index contributed by atoms with van der Waals surface area (Å²) < 4.78 is 37.7. The van der Waals surface area contributed by atoms with Crippen LogP contribution in [0.15, 0.2) is 30.3 Å². The Morgan fingerprint density at radius 1 is 1.17 bits per heavy atom. The number of esters is 1. The van der Waals surface area contributed by atoms with Crippen LogP contribution in [0, 0.1) is 17.2 Å². The Morgan fingerprint density at radius 3 is 2.46 bits per heavy atom. The minimum atomic E-state index is -3.90. The number of benzene rings is 1. The molecule has 218 valence electrons. The molecule has 0 atom stereocenters. The van der Waals surface area contributed by atoms with E-state index in [0.29, 0.717) is 61.7 Å². The molecule has 0 spiro atoms. The maximum atomic E-state index is 12.8. The number of carbonyl (C=O) groups excluding carboxylic acids is 3. The number of sulfonamides is 1. The maximum Gasteiger partial charge on any atom is 0.340 e. The average molecular weight is 584 g/mol. The lowest BCUT2D eigenvalue weighted by Crippen LogP contribution is -2.43. The lowest BCUT2D eigenvalue weighted by molar-refractivity contribution is -0.128. The predicted molar refractivity (Wildman–Crippen MR) is 148 cm³/mol. The number of pyridine rings is 1. The van der Waals surface area contributed by atoms with E-state index < -0.39 is 27.8 Å². The highest BCUT2D eigenvalue weighted by molar-refractivity contribution is 7.89. The summed E-state index contributed by atoms with van der Waals surface area (Å²) in [5, 5.41) is 9.85. The van der Waals surface area contributed by atoms with E-state index >= 15 is 0 Å². The van der Waals surface area contributed by atoms with Crippen molar-refractivity contribution in [2.45, 2.75) is 44.9 Å². The van der Waals surface area contributed by atoms with Gasteiger partial charge in [-0.15, -0.1) is 0 Å². The van der Waals surface area contributed by atoms with Crippen molar-refractivity contribution >= 4 is 33.6 Å². The van der Waals surface area contributed by atoms with Crippen LogP contribution in [0.5, 0.6) is 5.75 Å².